The molecule has 1 saturated heterocycles. The second kappa shape index (κ2) is 9.84. The third-order valence-electron chi connectivity index (χ3n) is 5.88. The molecule has 4 rings (SSSR count). The molecule has 1 aliphatic rings. The number of benzene rings is 2. The number of aryl methyl sites for hydroxylation is 1. The van der Waals surface area contributed by atoms with Gasteiger partial charge < -0.3 is 9.47 Å². The summed E-state index contributed by atoms with van der Waals surface area (Å²) in [4.78, 5) is 17.6. The number of rotatable bonds is 3. The Kier molecular flexibility index (Phi) is 7.39. The van der Waals surface area contributed by atoms with Crippen LogP contribution < -0.4 is 0 Å². The lowest BCUT2D eigenvalue weighted by Gasteiger charge is -2.44. The van der Waals surface area contributed by atoms with Gasteiger partial charge in [-0.15, -0.1) is 0 Å². The van der Waals surface area contributed by atoms with Crippen molar-refractivity contribution in [2.75, 3.05) is 13.1 Å². The van der Waals surface area contributed by atoms with Crippen LogP contribution in [0.2, 0.25) is 5.02 Å². The van der Waals surface area contributed by atoms with Gasteiger partial charge in [0.25, 0.3) is 5.91 Å². The van der Waals surface area contributed by atoms with Crippen LogP contribution in [0.15, 0.2) is 48.7 Å². The molecule has 1 amide bonds. The fraction of sp³-hybridized carbons (Fsp3) is 0.400. The van der Waals surface area contributed by atoms with Crippen molar-refractivity contribution in [3.8, 4) is 0 Å². The highest BCUT2D eigenvalue weighted by Gasteiger charge is 2.33. The van der Waals surface area contributed by atoms with Gasteiger partial charge in [0.05, 0.1) is 10.6 Å². The number of hydrogen-bond acceptors (Lipinski definition) is 2. The average molecular weight is 444 g/mol. The standard InChI is InChI=1S/C23H25ClFN3O.C2H6/c1-15-13-28(16(2)12-27(15)14-17-4-6-19(25)7-5-17)23(29)20-10-18-8-9-26(3)22(18)11-21(20)24;1-2/h4-11,15-16H,12-14H2,1-3H3;1-2H3/t15-,16?;/m0./s1. The number of fused-ring (bicyclic) bond motifs is 1. The van der Waals surface area contributed by atoms with Crippen LogP contribution in [0, 0.1) is 5.82 Å². The van der Waals surface area contributed by atoms with Crippen molar-refractivity contribution in [2.45, 2.75) is 46.3 Å². The second-order valence-corrected chi connectivity index (χ2v) is 8.44. The maximum absolute atomic E-state index is 13.3. The number of nitrogens with zero attached hydrogens (tertiary/aromatic N) is 3. The van der Waals surface area contributed by atoms with Gasteiger partial charge in [0.1, 0.15) is 5.82 Å². The second-order valence-electron chi connectivity index (χ2n) is 8.03. The normalized spacial score (nSPS) is 19.3. The highest BCUT2D eigenvalue weighted by molar-refractivity contribution is 6.34. The Bertz CT molecular complexity index is 1050. The molecule has 2 aromatic carbocycles. The molecule has 4 nitrogen and oxygen atoms in total. The van der Waals surface area contributed by atoms with Gasteiger partial charge in [0.15, 0.2) is 0 Å². The van der Waals surface area contributed by atoms with E-state index in [0.717, 1.165) is 29.6 Å². The zero-order chi connectivity index (χ0) is 22.7. The Morgan fingerprint density at radius 1 is 1.06 bits per heavy atom. The largest absolute Gasteiger partial charge is 0.351 e. The molecule has 0 saturated carbocycles. The average Bonchev–Trinajstić information content (AvgIpc) is 3.12. The predicted molar refractivity (Wildman–Crippen MR) is 126 cm³/mol. The fourth-order valence-corrected chi connectivity index (χ4v) is 4.37. The SMILES string of the molecule is CC.CC1CN(Cc2ccc(F)cc2)[C@@H](C)CN1C(=O)c1cc2ccn(C)c2cc1Cl. The first-order valence-corrected chi connectivity index (χ1v) is 11.3. The first-order chi connectivity index (χ1) is 14.8. The molecule has 2 heterocycles. The molecule has 166 valence electrons. The summed E-state index contributed by atoms with van der Waals surface area (Å²) in [7, 11) is 1.96. The third-order valence-corrected chi connectivity index (χ3v) is 6.19. The van der Waals surface area contributed by atoms with Gasteiger partial charge >= 0.3 is 0 Å². The zero-order valence-electron chi connectivity index (χ0n) is 18.9. The molecule has 0 spiro atoms. The monoisotopic (exact) mass is 443 g/mol. The number of piperazine rings is 1. The van der Waals surface area contributed by atoms with Crippen LogP contribution in [-0.4, -0.2) is 45.4 Å². The Morgan fingerprint density at radius 2 is 1.74 bits per heavy atom. The molecule has 1 aromatic heterocycles. The van der Waals surface area contributed by atoms with E-state index in [1.807, 2.05) is 66.9 Å². The maximum Gasteiger partial charge on any atom is 0.255 e. The molecule has 0 radical (unpaired) electrons. The van der Waals surface area contributed by atoms with Gasteiger partial charge in [-0.2, -0.15) is 0 Å². The smallest absolute Gasteiger partial charge is 0.255 e. The summed E-state index contributed by atoms with van der Waals surface area (Å²) in [6.45, 7) is 10.3. The summed E-state index contributed by atoms with van der Waals surface area (Å²) in [6.07, 6.45) is 1.97. The molecular formula is C25H31ClFN3O. The minimum Gasteiger partial charge on any atom is -0.351 e. The summed E-state index contributed by atoms with van der Waals surface area (Å²) >= 11 is 6.48. The number of carbonyl (C=O) groups excluding carboxylic acids is 1. The van der Waals surface area contributed by atoms with Gasteiger partial charge in [-0.1, -0.05) is 37.6 Å². The Hall–Kier alpha value is -2.37. The van der Waals surface area contributed by atoms with Crippen molar-refractivity contribution in [1.29, 1.82) is 0 Å². The summed E-state index contributed by atoms with van der Waals surface area (Å²) in [5.41, 5.74) is 2.64. The van der Waals surface area contributed by atoms with E-state index in [-0.39, 0.29) is 23.8 Å². The minimum atomic E-state index is -0.224. The number of aromatic nitrogens is 1. The number of carbonyl (C=O) groups is 1. The molecule has 0 bridgehead atoms. The lowest BCUT2D eigenvalue weighted by molar-refractivity contribution is 0.0291. The maximum atomic E-state index is 13.3. The Morgan fingerprint density at radius 3 is 2.42 bits per heavy atom. The molecule has 6 heteroatoms. The summed E-state index contributed by atoms with van der Waals surface area (Å²) < 4.78 is 15.2. The van der Waals surface area contributed by atoms with Crippen LogP contribution in [-0.2, 0) is 13.6 Å². The summed E-state index contributed by atoms with van der Waals surface area (Å²) in [5, 5.41) is 1.49. The highest BCUT2D eigenvalue weighted by Crippen LogP contribution is 2.28. The molecule has 2 atom stereocenters. The molecule has 1 fully saturated rings. The van der Waals surface area contributed by atoms with Crippen LogP contribution >= 0.6 is 11.6 Å². The molecule has 1 aliphatic heterocycles. The number of hydrogen-bond donors (Lipinski definition) is 0. The van der Waals surface area contributed by atoms with Crippen LogP contribution in [0.25, 0.3) is 10.9 Å². The lowest BCUT2D eigenvalue weighted by Crippen LogP contribution is -2.57. The van der Waals surface area contributed by atoms with Crippen LogP contribution in [0.1, 0.15) is 43.6 Å². The topological polar surface area (TPSA) is 28.5 Å². The van der Waals surface area contributed by atoms with E-state index in [1.54, 1.807) is 0 Å². The van der Waals surface area contributed by atoms with Crippen molar-refractivity contribution >= 4 is 28.4 Å². The Labute approximate surface area is 189 Å². The molecule has 31 heavy (non-hydrogen) atoms. The van der Waals surface area contributed by atoms with Crippen LogP contribution in [0.5, 0.6) is 0 Å². The van der Waals surface area contributed by atoms with Gasteiger partial charge in [-0.05, 0) is 49.7 Å². The quantitative estimate of drug-likeness (QED) is 0.517. The highest BCUT2D eigenvalue weighted by atomic mass is 35.5. The van der Waals surface area contributed by atoms with Gasteiger partial charge in [-0.25, -0.2) is 4.39 Å². The summed E-state index contributed by atoms with van der Waals surface area (Å²) in [5.74, 6) is -0.251. The van der Waals surface area contributed by atoms with Crippen molar-refractivity contribution in [3.05, 3.63) is 70.6 Å². The minimum absolute atomic E-state index is 0.0264. The molecule has 0 N–H and O–H groups in total. The van der Waals surface area contributed by atoms with E-state index in [4.69, 9.17) is 11.6 Å². The van der Waals surface area contributed by atoms with E-state index < -0.39 is 0 Å². The van der Waals surface area contributed by atoms with Gasteiger partial charge in [0, 0.05) is 55.9 Å². The number of halogens is 2. The summed E-state index contributed by atoms with van der Waals surface area (Å²) in [6, 6.07) is 12.6. The predicted octanol–water partition coefficient (Wildman–Crippen LogP) is 5.73. The van der Waals surface area contributed by atoms with Crippen molar-refractivity contribution < 1.29 is 9.18 Å². The zero-order valence-corrected chi connectivity index (χ0v) is 19.7. The molecule has 0 aliphatic carbocycles. The van der Waals surface area contributed by atoms with Crippen molar-refractivity contribution in [1.82, 2.24) is 14.4 Å². The van der Waals surface area contributed by atoms with Crippen molar-refractivity contribution in [3.63, 3.8) is 0 Å². The molecule has 1 unspecified atom stereocenters. The van der Waals surface area contributed by atoms with E-state index in [9.17, 15) is 9.18 Å². The number of amides is 1. The van der Waals surface area contributed by atoms with E-state index in [1.165, 1.54) is 12.1 Å². The van der Waals surface area contributed by atoms with E-state index in [2.05, 4.69) is 18.7 Å². The van der Waals surface area contributed by atoms with E-state index >= 15 is 0 Å². The van der Waals surface area contributed by atoms with Crippen LogP contribution in [0.4, 0.5) is 4.39 Å². The molecule has 3 aromatic rings. The first-order valence-electron chi connectivity index (χ1n) is 10.9. The van der Waals surface area contributed by atoms with Crippen LogP contribution in [0.3, 0.4) is 0 Å². The fourth-order valence-electron chi connectivity index (χ4n) is 4.14. The van der Waals surface area contributed by atoms with Gasteiger partial charge in [-0.3, -0.25) is 9.69 Å². The molecular weight excluding hydrogens is 413 g/mol. The third kappa shape index (κ3) is 4.94. The van der Waals surface area contributed by atoms with Gasteiger partial charge in [0.2, 0.25) is 0 Å². The van der Waals surface area contributed by atoms with Crippen molar-refractivity contribution in [2.24, 2.45) is 7.05 Å². The first kappa shape index (κ1) is 23.3. The Balaban J connectivity index is 0.00000132. The van der Waals surface area contributed by atoms with E-state index in [0.29, 0.717) is 17.1 Å². The lowest BCUT2D eigenvalue weighted by atomic mass is 10.0.